The maximum atomic E-state index is 12.1. The first-order valence-corrected chi connectivity index (χ1v) is 7.76. The van der Waals surface area contributed by atoms with Crippen molar-refractivity contribution < 1.29 is 9.53 Å². The minimum atomic E-state index is -0.592. The maximum Gasteiger partial charge on any atom is 0.326 e. The number of carbonyl (C=O) groups is 1. The van der Waals surface area contributed by atoms with Gasteiger partial charge in [0.25, 0.3) is 0 Å². The predicted molar refractivity (Wildman–Crippen MR) is 80.1 cm³/mol. The molecule has 0 aliphatic carbocycles. The van der Waals surface area contributed by atoms with Crippen molar-refractivity contribution in [2.24, 2.45) is 0 Å². The molecule has 0 aromatic rings. The molecule has 0 fully saturated rings. The Morgan fingerprint density at radius 3 is 2.22 bits per heavy atom. The summed E-state index contributed by atoms with van der Waals surface area (Å²) in [6, 6.07) is 0.260. The van der Waals surface area contributed by atoms with Crippen LogP contribution in [0.25, 0.3) is 0 Å². The predicted octanol–water partition coefficient (Wildman–Crippen LogP) is 3.23. The second-order valence-corrected chi connectivity index (χ2v) is 7.57. The van der Waals surface area contributed by atoms with Crippen LogP contribution in [0.4, 0.5) is 0 Å². The Morgan fingerprint density at radius 2 is 1.83 bits per heavy atom. The summed E-state index contributed by atoms with van der Waals surface area (Å²) in [7, 11) is 0. The first-order valence-electron chi connectivity index (χ1n) is 6.81. The van der Waals surface area contributed by atoms with Crippen LogP contribution in [0.1, 0.15) is 54.9 Å². The summed E-state index contributed by atoms with van der Waals surface area (Å²) in [5, 5.41) is 4.35. The molecule has 0 saturated carbocycles. The molecule has 0 heterocycles. The molecule has 0 aromatic heterocycles. The van der Waals surface area contributed by atoms with Crippen molar-refractivity contribution in [1.29, 1.82) is 0 Å². The molecule has 18 heavy (non-hydrogen) atoms. The Balaban J connectivity index is 4.70. The van der Waals surface area contributed by atoms with E-state index in [1.54, 1.807) is 0 Å². The summed E-state index contributed by atoms with van der Waals surface area (Å²) in [5.41, 5.74) is -0.592. The van der Waals surface area contributed by atoms with Gasteiger partial charge in [-0.25, -0.2) is 0 Å². The molecule has 2 unspecified atom stereocenters. The van der Waals surface area contributed by atoms with Crippen LogP contribution in [-0.4, -0.2) is 34.7 Å². The van der Waals surface area contributed by atoms with E-state index < -0.39 is 5.54 Å². The highest BCUT2D eigenvalue weighted by Crippen LogP contribution is 2.26. The lowest BCUT2D eigenvalue weighted by Gasteiger charge is -2.33. The summed E-state index contributed by atoms with van der Waals surface area (Å²) < 4.78 is 5.20. The van der Waals surface area contributed by atoms with E-state index in [0.717, 1.165) is 6.42 Å². The van der Waals surface area contributed by atoms with Crippen molar-refractivity contribution in [2.45, 2.75) is 77.0 Å². The number of nitrogens with one attached hydrogen (secondary N) is 1. The first-order chi connectivity index (χ1) is 8.21. The molecule has 1 N–H and O–H groups in total. The number of esters is 1. The van der Waals surface area contributed by atoms with E-state index in [2.05, 4.69) is 39.9 Å². The van der Waals surface area contributed by atoms with E-state index in [1.807, 2.05) is 25.6 Å². The minimum absolute atomic E-state index is 0.144. The molecule has 0 aliphatic rings. The van der Waals surface area contributed by atoms with Crippen LogP contribution >= 0.6 is 11.8 Å². The van der Waals surface area contributed by atoms with Gasteiger partial charge in [-0.1, -0.05) is 20.8 Å². The van der Waals surface area contributed by atoms with Gasteiger partial charge in [-0.15, -0.1) is 0 Å². The Hall–Kier alpha value is -0.220. The highest BCUT2D eigenvalue weighted by Gasteiger charge is 2.36. The van der Waals surface area contributed by atoms with Gasteiger partial charge >= 0.3 is 5.97 Å². The largest absolute Gasteiger partial charge is 0.465 e. The van der Waals surface area contributed by atoms with Crippen LogP contribution in [0, 0.1) is 0 Å². The van der Waals surface area contributed by atoms with Gasteiger partial charge in [0, 0.05) is 11.3 Å². The topological polar surface area (TPSA) is 38.3 Å². The molecule has 0 radical (unpaired) electrons. The van der Waals surface area contributed by atoms with Crippen molar-refractivity contribution in [3.05, 3.63) is 0 Å². The molecule has 0 aromatic carbocycles. The monoisotopic (exact) mass is 275 g/mol. The van der Waals surface area contributed by atoms with Crippen LogP contribution in [0.15, 0.2) is 0 Å². The molecule has 108 valence electrons. The average Bonchev–Trinajstić information content (AvgIpc) is 2.14. The number of hydrogen-bond acceptors (Lipinski definition) is 4. The summed E-state index contributed by atoms with van der Waals surface area (Å²) in [6.45, 7) is 14.9. The van der Waals surface area contributed by atoms with Crippen LogP contribution in [-0.2, 0) is 9.53 Å². The molecule has 0 aliphatic heterocycles. The molecule has 4 heteroatoms. The average molecular weight is 275 g/mol. The van der Waals surface area contributed by atoms with Gasteiger partial charge in [-0.05, 0) is 39.4 Å². The van der Waals surface area contributed by atoms with Gasteiger partial charge in [0.1, 0.15) is 5.54 Å². The lowest BCUT2D eigenvalue weighted by atomic mass is 9.95. The van der Waals surface area contributed by atoms with Crippen molar-refractivity contribution in [2.75, 3.05) is 6.61 Å². The van der Waals surface area contributed by atoms with Gasteiger partial charge in [0.2, 0.25) is 0 Å². The molecule has 2 atom stereocenters. The zero-order valence-corrected chi connectivity index (χ0v) is 13.7. The van der Waals surface area contributed by atoms with E-state index in [-0.39, 0.29) is 12.0 Å². The second-order valence-electron chi connectivity index (χ2n) is 5.55. The van der Waals surface area contributed by atoms with Crippen molar-refractivity contribution in [1.82, 2.24) is 5.32 Å². The van der Waals surface area contributed by atoms with Gasteiger partial charge in [-0.3, -0.25) is 10.1 Å². The van der Waals surface area contributed by atoms with Crippen molar-refractivity contribution in [3.63, 3.8) is 0 Å². The van der Waals surface area contributed by atoms with E-state index in [1.165, 1.54) is 0 Å². The molecule has 0 rings (SSSR count). The quantitative estimate of drug-likeness (QED) is 0.690. The standard InChI is InChI=1S/C14H29NO2S/c1-8-17-13(16)14(7,15-10(2)3)9-12(6)18-11(4)5/h10-12,15H,8-9H2,1-7H3. The number of rotatable bonds is 8. The first kappa shape index (κ1) is 17.8. The smallest absolute Gasteiger partial charge is 0.326 e. The Kier molecular flexibility index (Phi) is 7.95. The van der Waals surface area contributed by atoms with Gasteiger partial charge in [0.05, 0.1) is 6.61 Å². The van der Waals surface area contributed by atoms with Crippen molar-refractivity contribution >= 4 is 17.7 Å². The van der Waals surface area contributed by atoms with Gasteiger partial charge in [-0.2, -0.15) is 11.8 Å². The summed E-state index contributed by atoms with van der Waals surface area (Å²) in [4.78, 5) is 12.1. The number of ether oxygens (including phenoxy) is 1. The lowest BCUT2D eigenvalue weighted by Crippen LogP contribution is -2.54. The van der Waals surface area contributed by atoms with Crippen LogP contribution in [0.2, 0.25) is 0 Å². The lowest BCUT2D eigenvalue weighted by molar-refractivity contribution is -0.151. The molecular formula is C14H29NO2S. The third-order valence-electron chi connectivity index (χ3n) is 2.53. The fourth-order valence-electron chi connectivity index (χ4n) is 2.22. The zero-order valence-electron chi connectivity index (χ0n) is 12.9. The highest BCUT2D eigenvalue weighted by atomic mass is 32.2. The SMILES string of the molecule is CCOC(=O)C(C)(CC(C)SC(C)C)NC(C)C. The van der Waals surface area contributed by atoms with E-state index >= 15 is 0 Å². The van der Waals surface area contributed by atoms with E-state index in [9.17, 15) is 4.79 Å². The van der Waals surface area contributed by atoms with Crippen LogP contribution < -0.4 is 5.32 Å². The third kappa shape index (κ3) is 6.64. The Bertz CT molecular complexity index is 256. The molecular weight excluding hydrogens is 246 g/mol. The molecule has 0 amide bonds. The maximum absolute atomic E-state index is 12.1. The second kappa shape index (κ2) is 8.05. The van der Waals surface area contributed by atoms with Crippen LogP contribution in [0.5, 0.6) is 0 Å². The number of carbonyl (C=O) groups excluding carboxylic acids is 1. The molecule has 0 spiro atoms. The fourth-order valence-corrected chi connectivity index (χ4v) is 3.58. The Morgan fingerprint density at radius 1 is 1.28 bits per heavy atom. The number of hydrogen-bond donors (Lipinski definition) is 1. The molecule has 0 saturated heterocycles. The van der Waals surface area contributed by atoms with Gasteiger partial charge in [0.15, 0.2) is 0 Å². The molecule has 3 nitrogen and oxygen atoms in total. The van der Waals surface area contributed by atoms with Crippen LogP contribution in [0.3, 0.4) is 0 Å². The fraction of sp³-hybridized carbons (Fsp3) is 0.929. The minimum Gasteiger partial charge on any atom is -0.465 e. The summed E-state index contributed by atoms with van der Waals surface area (Å²) in [6.07, 6.45) is 0.785. The van der Waals surface area contributed by atoms with Gasteiger partial charge < -0.3 is 4.74 Å². The highest BCUT2D eigenvalue weighted by molar-refractivity contribution is 8.00. The zero-order chi connectivity index (χ0) is 14.3. The molecule has 0 bridgehead atoms. The van der Waals surface area contributed by atoms with Crippen molar-refractivity contribution in [3.8, 4) is 0 Å². The number of thioether (sulfide) groups is 1. The Labute approximate surface area is 116 Å². The summed E-state index contributed by atoms with van der Waals surface area (Å²) in [5.74, 6) is -0.144. The third-order valence-corrected chi connectivity index (χ3v) is 3.71. The normalized spacial score (nSPS) is 16.7. The van der Waals surface area contributed by atoms with E-state index in [0.29, 0.717) is 17.1 Å². The summed E-state index contributed by atoms with van der Waals surface area (Å²) >= 11 is 1.90. The van der Waals surface area contributed by atoms with E-state index in [4.69, 9.17) is 4.74 Å².